The zero-order valence-electron chi connectivity index (χ0n) is 22.6. The summed E-state index contributed by atoms with van der Waals surface area (Å²) in [6, 6.07) is 4.36. The summed E-state index contributed by atoms with van der Waals surface area (Å²) in [5.41, 5.74) is -4.36. The van der Waals surface area contributed by atoms with Gasteiger partial charge in [0.05, 0.1) is 50.7 Å². The fourth-order valence-corrected chi connectivity index (χ4v) is 5.26. The molecule has 1 heterocycles. The fourth-order valence-electron chi connectivity index (χ4n) is 4.88. The van der Waals surface area contributed by atoms with E-state index in [0.717, 1.165) is 6.26 Å². The van der Waals surface area contributed by atoms with E-state index in [9.17, 15) is 39.6 Å². The van der Waals surface area contributed by atoms with Gasteiger partial charge in [-0.1, -0.05) is 0 Å². The van der Waals surface area contributed by atoms with Crippen molar-refractivity contribution < 1.29 is 57.9 Å². The number of hydrogen-bond donors (Lipinski definition) is 0. The van der Waals surface area contributed by atoms with Crippen LogP contribution in [0.3, 0.4) is 0 Å². The van der Waals surface area contributed by atoms with Crippen LogP contribution < -0.4 is 14.2 Å². The molecule has 15 heteroatoms. The first-order valence-electron chi connectivity index (χ1n) is 12.1. The quantitative estimate of drug-likeness (QED) is 0.258. The molecule has 0 aliphatic carbocycles. The zero-order chi connectivity index (χ0) is 30.8. The number of alkyl halides is 6. The van der Waals surface area contributed by atoms with Crippen molar-refractivity contribution in [2.75, 3.05) is 40.7 Å². The Bertz CT molecular complexity index is 1320. The molecule has 2 aromatic carbocycles. The Morgan fingerprint density at radius 2 is 1.39 bits per heavy atom. The lowest BCUT2D eigenvalue weighted by Crippen LogP contribution is -2.37. The van der Waals surface area contributed by atoms with Crippen molar-refractivity contribution in [1.29, 1.82) is 0 Å². The van der Waals surface area contributed by atoms with Gasteiger partial charge in [0.1, 0.15) is 0 Å². The molecule has 1 aliphatic heterocycles. The first-order chi connectivity index (χ1) is 18.9. The van der Waals surface area contributed by atoms with E-state index in [-0.39, 0.29) is 37.6 Å². The van der Waals surface area contributed by atoms with Gasteiger partial charge in [-0.25, -0.2) is 0 Å². The standard InChI is InChI=1S/C26H29F6NO7S/c1-37-20-11-17(12-21(38-2)22(20)39-3)15-33-7-5-24(23(33)34,6-8-40-41(4,35)36)14-16-9-18(25(27,28)29)13-19(10-16)26(30,31)32/h9-13H,5-8,14-15H2,1-4H3. The Morgan fingerprint density at radius 1 is 0.854 bits per heavy atom. The second-order valence-electron chi connectivity index (χ2n) is 9.66. The highest BCUT2D eigenvalue weighted by atomic mass is 32.2. The molecule has 3 rings (SSSR count). The van der Waals surface area contributed by atoms with Crippen LogP contribution in [0, 0.1) is 5.41 Å². The molecule has 8 nitrogen and oxygen atoms in total. The third kappa shape index (κ3) is 7.76. The molecule has 1 saturated heterocycles. The number of rotatable bonds is 11. The highest BCUT2D eigenvalue weighted by Gasteiger charge is 2.47. The van der Waals surface area contributed by atoms with Crippen molar-refractivity contribution >= 4 is 16.0 Å². The number of hydrogen-bond acceptors (Lipinski definition) is 7. The molecule has 1 atom stereocenters. The molecular formula is C26H29F6NO7S. The maximum Gasteiger partial charge on any atom is 0.416 e. The zero-order valence-corrected chi connectivity index (χ0v) is 23.4. The van der Waals surface area contributed by atoms with Crippen molar-refractivity contribution in [2.45, 2.75) is 38.2 Å². The topological polar surface area (TPSA) is 91.4 Å². The highest BCUT2D eigenvalue weighted by molar-refractivity contribution is 7.85. The molecule has 1 fully saturated rings. The van der Waals surface area contributed by atoms with Crippen molar-refractivity contribution in [2.24, 2.45) is 5.41 Å². The first kappa shape index (κ1) is 32.3. The van der Waals surface area contributed by atoms with Crippen molar-refractivity contribution in [3.63, 3.8) is 0 Å². The van der Waals surface area contributed by atoms with Crippen LogP contribution in [0.15, 0.2) is 30.3 Å². The van der Waals surface area contributed by atoms with Crippen LogP contribution in [0.2, 0.25) is 0 Å². The van der Waals surface area contributed by atoms with Gasteiger partial charge in [0.2, 0.25) is 11.7 Å². The van der Waals surface area contributed by atoms with Gasteiger partial charge >= 0.3 is 12.4 Å². The molecule has 0 spiro atoms. The molecule has 1 amide bonds. The summed E-state index contributed by atoms with van der Waals surface area (Å²) in [5.74, 6) is 0.355. The van der Waals surface area contributed by atoms with Crippen molar-refractivity contribution in [1.82, 2.24) is 4.90 Å². The molecular weight excluding hydrogens is 584 g/mol. The van der Waals surface area contributed by atoms with E-state index < -0.39 is 57.9 Å². The molecule has 2 aromatic rings. The number of likely N-dealkylation sites (tertiary alicyclic amines) is 1. The predicted molar refractivity (Wildman–Crippen MR) is 134 cm³/mol. The molecule has 41 heavy (non-hydrogen) atoms. The summed E-state index contributed by atoms with van der Waals surface area (Å²) in [6.45, 7) is -0.395. The van der Waals surface area contributed by atoms with E-state index in [2.05, 4.69) is 0 Å². The molecule has 228 valence electrons. The van der Waals surface area contributed by atoms with Crippen molar-refractivity contribution in [3.8, 4) is 17.2 Å². The van der Waals surface area contributed by atoms with Crippen LogP contribution in [-0.2, 0) is 44.4 Å². The minimum Gasteiger partial charge on any atom is -0.493 e. The SMILES string of the molecule is COc1cc(CN2CCC(CCOS(C)(=O)=O)(Cc3cc(C(F)(F)F)cc(C(F)(F)F)c3)C2=O)cc(OC)c1OC. The number of halogens is 6. The van der Waals surface area contributed by atoms with Gasteiger partial charge in [-0.2, -0.15) is 34.8 Å². The summed E-state index contributed by atoms with van der Waals surface area (Å²) in [6.07, 6.45) is -10.1. The Hall–Kier alpha value is -3.20. The minimum absolute atomic E-state index is 0.000618. The van der Waals surface area contributed by atoms with Crippen LogP contribution in [0.5, 0.6) is 17.2 Å². The Labute approximate surface area is 233 Å². The monoisotopic (exact) mass is 613 g/mol. The normalized spacial score (nSPS) is 18.1. The molecule has 1 aliphatic rings. The number of methoxy groups -OCH3 is 3. The lowest BCUT2D eigenvalue weighted by molar-refractivity contribution is -0.143. The van der Waals surface area contributed by atoms with E-state index in [0.29, 0.717) is 34.9 Å². The third-order valence-electron chi connectivity index (χ3n) is 6.77. The van der Waals surface area contributed by atoms with Crippen molar-refractivity contribution in [3.05, 3.63) is 52.6 Å². The van der Waals surface area contributed by atoms with E-state index in [4.69, 9.17) is 18.4 Å². The van der Waals surface area contributed by atoms with Crippen LogP contribution in [0.4, 0.5) is 26.3 Å². The predicted octanol–water partition coefficient (Wildman–Crippen LogP) is 5.08. The molecule has 0 bridgehead atoms. The van der Waals surface area contributed by atoms with E-state index in [1.807, 2.05) is 0 Å². The number of nitrogens with zero attached hydrogens (tertiary/aromatic N) is 1. The van der Waals surface area contributed by atoms with Gasteiger partial charge < -0.3 is 19.1 Å². The largest absolute Gasteiger partial charge is 0.493 e. The molecule has 0 aromatic heterocycles. The van der Waals surface area contributed by atoms with Gasteiger partial charge in [0, 0.05) is 13.1 Å². The maximum atomic E-state index is 13.8. The van der Waals surface area contributed by atoms with Crippen LogP contribution >= 0.6 is 0 Å². The molecule has 0 saturated carbocycles. The number of benzene rings is 2. The Kier molecular flexibility index (Phi) is 9.43. The second-order valence-corrected chi connectivity index (χ2v) is 11.3. The first-order valence-corrected chi connectivity index (χ1v) is 13.9. The summed E-state index contributed by atoms with van der Waals surface area (Å²) in [7, 11) is 0.284. The summed E-state index contributed by atoms with van der Waals surface area (Å²) in [5, 5.41) is 0. The molecule has 0 N–H and O–H groups in total. The van der Waals surface area contributed by atoms with Gasteiger partial charge in [-0.3, -0.25) is 8.98 Å². The van der Waals surface area contributed by atoms with Crippen LogP contribution in [0.25, 0.3) is 0 Å². The average molecular weight is 614 g/mol. The van der Waals surface area contributed by atoms with Gasteiger partial charge in [-0.15, -0.1) is 0 Å². The number of amides is 1. The van der Waals surface area contributed by atoms with E-state index in [1.54, 1.807) is 12.1 Å². The van der Waals surface area contributed by atoms with E-state index >= 15 is 0 Å². The summed E-state index contributed by atoms with van der Waals surface area (Å²) < 4.78 is 125. The lowest BCUT2D eigenvalue weighted by Gasteiger charge is -2.29. The molecule has 1 unspecified atom stereocenters. The van der Waals surface area contributed by atoms with Gasteiger partial charge in [0.15, 0.2) is 11.5 Å². The Morgan fingerprint density at radius 3 is 1.83 bits per heavy atom. The Balaban J connectivity index is 2.00. The lowest BCUT2D eigenvalue weighted by atomic mass is 9.77. The average Bonchev–Trinajstić information content (AvgIpc) is 3.15. The van der Waals surface area contributed by atoms with E-state index in [1.165, 1.54) is 26.2 Å². The minimum atomic E-state index is -5.07. The van der Waals surface area contributed by atoms with Crippen LogP contribution in [-0.4, -0.2) is 60.0 Å². The second kappa shape index (κ2) is 12.0. The number of carbonyl (C=O) groups is 1. The number of ether oxygens (including phenoxy) is 3. The highest BCUT2D eigenvalue weighted by Crippen LogP contribution is 2.44. The fraction of sp³-hybridized carbons (Fsp3) is 0.500. The summed E-state index contributed by atoms with van der Waals surface area (Å²) >= 11 is 0. The maximum absolute atomic E-state index is 13.8. The van der Waals surface area contributed by atoms with Crippen LogP contribution in [0.1, 0.15) is 35.1 Å². The smallest absolute Gasteiger partial charge is 0.416 e. The molecule has 0 radical (unpaired) electrons. The number of carbonyl (C=O) groups excluding carboxylic acids is 1. The van der Waals surface area contributed by atoms with Gasteiger partial charge in [-0.05, 0) is 60.7 Å². The summed E-state index contributed by atoms with van der Waals surface area (Å²) in [4.78, 5) is 15.2. The third-order valence-corrected chi connectivity index (χ3v) is 7.36. The van der Waals surface area contributed by atoms with Gasteiger partial charge in [0.25, 0.3) is 10.1 Å².